The first kappa shape index (κ1) is 44.1. The number of carbonyl (C=O) groups is 3. The molecule has 0 aromatic heterocycles. The zero-order chi connectivity index (χ0) is 34.0. The van der Waals surface area contributed by atoms with E-state index in [0.29, 0.717) is 19.3 Å². The molecule has 0 aliphatic rings. The third-order valence-electron chi connectivity index (χ3n) is 9.46. The Kier molecular flexibility index (Phi) is 31.7. The van der Waals surface area contributed by atoms with E-state index in [1.165, 1.54) is 122 Å². The fourth-order valence-corrected chi connectivity index (χ4v) is 6.60. The Bertz CT molecular complexity index is 698. The Morgan fingerprint density at radius 2 is 0.652 bits per heavy atom. The fourth-order valence-electron chi connectivity index (χ4n) is 6.60. The second-order valence-corrected chi connectivity index (χ2v) is 13.8. The zero-order valence-electron chi connectivity index (χ0n) is 30.0. The number of hydrogen-bond donors (Lipinski definition) is 3. The van der Waals surface area contributed by atoms with E-state index < -0.39 is 17.9 Å². The van der Waals surface area contributed by atoms with Crippen LogP contribution >= 0.6 is 0 Å². The summed E-state index contributed by atoms with van der Waals surface area (Å²) in [5, 5.41) is 27.2. The van der Waals surface area contributed by atoms with Crippen molar-refractivity contribution in [2.75, 3.05) is 26.2 Å². The van der Waals surface area contributed by atoms with Crippen LogP contribution in [0.5, 0.6) is 0 Å². The number of carboxylic acids is 3. The predicted molar refractivity (Wildman–Crippen MR) is 191 cm³/mol. The van der Waals surface area contributed by atoms with E-state index >= 15 is 0 Å². The summed E-state index contributed by atoms with van der Waals surface area (Å²) in [7, 11) is 0. The van der Waals surface area contributed by atoms with Gasteiger partial charge in [0, 0.05) is 19.3 Å². The molecular weight excluding hydrogens is 578 g/mol. The Labute approximate surface area is 283 Å². The van der Waals surface area contributed by atoms with E-state index in [1.807, 2.05) is 0 Å². The molecule has 0 heterocycles. The minimum Gasteiger partial charge on any atom is -0.481 e. The second-order valence-electron chi connectivity index (χ2n) is 13.8. The summed E-state index contributed by atoms with van der Waals surface area (Å²) in [6.07, 6.45) is 36.2. The monoisotopic (exact) mass is 653 g/mol. The Balaban J connectivity index is 4.19. The summed E-state index contributed by atoms with van der Waals surface area (Å²) < 4.78 is 0.864. The summed E-state index contributed by atoms with van der Waals surface area (Å²) in [4.78, 5) is 33.1. The molecule has 0 radical (unpaired) electrons. The lowest BCUT2D eigenvalue weighted by Gasteiger charge is -2.39. The molecule has 0 fully saturated rings. The van der Waals surface area contributed by atoms with Gasteiger partial charge in [0.25, 0.3) is 0 Å². The van der Waals surface area contributed by atoms with Crippen LogP contribution in [-0.4, -0.2) is 63.9 Å². The SMILES string of the molecule is CCCCCCCCCCCCCC/C=C/CCCCCCCC[N+](CCCCC(=O)O)(CCCCC(=O)O)CCCCC(=O)O. The molecule has 0 unspecified atom stereocenters. The molecule has 0 spiro atoms. The quantitative estimate of drug-likeness (QED) is 0.0350. The average molecular weight is 653 g/mol. The van der Waals surface area contributed by atoms with Crippen molar-refractivity contribution in [1.82, 2.24) is 0 Å². The van der Waals surface area contributed by atoms with Gasteiger partial charge in [-0.05, 0) is 77.0 Å². The molecule has 0 saturated carbocycles. The summed E-state index contributed by atoms with van der Waals surface area (Å²) in [5.74, 6) is -2.30. The van der Waals surface area contributed by atoms with Gasteiger partial charge in [-0.3, -0.25) is 14.4 Å². The normalized spacial score (nSPS) is 11.8. The van der Waals surface area contributed by atoms with Crippen LogP contribution in [0.3, 0.4) is 0 Å². The molecule has 7 nitrogen and oxygen atoms in total. The van der Waals surface area contributed by atoms with E-state index in [1.54, 1.807) is 0 Å². The highest BCUT2D eigenvalue weighted by Gasteiger charge is 2.26. The van der Waals surface area contributed by atoms with Crippen molar-refractivity contribution < 1.29 is 34.2 Å². The van der Waals surface area contributed by atoms with Crippen molar-refractivity contribution in [2.24, 2.45) is 0 Å². The number of allylic oxidation sites excluding steroid dienone is 2. The average Bonchev–Trinajstić information content (AvgIpc) is 3.02. The molecule has 0 saturated heterocycles. The molecule has 0 rings (SSSR count). The van der Waals surface area contributed by atoms with Crippen molar-refractivity contribution >= 4 is 17.9 Å². The summed E-state index contributed by atoms with van der Waals surface area (Å²) in [5.41, 5.74) is 0. The number of hydrogen-bond acceptors (Lipinski definition) is 3. The van der Waals surface area contributed by atoms with Gasteiger partial charge >= 0.3 is 17.9 Å². The maximum absolute atomic E-state index is 11.0. The van der Waals surface area contributed by atoms with Crippen LogP contribution in [0.2, 0.25) is 0 Å². The minimum absolute atomic E-state index is 0.173. The molecule has 0 amide bonds. The Morgan fingerprint density at radius 1 is 0.391 bits per heavy atom. The fraction of sp³-hybridized carbons (Fsp3) is 0.872. The number of aliphatic carboxylic acids is 3. The molecule has 0 bridgehead atoms. The summed E-state index contributed by atoms with van der Waals surface area (Å²) in [6, 6.07) is 0. The molecular formula is C39H74NO6+. The van der Waals surface area contributed by atoms with E-state index in [4.69, 9.17) is 15.3 Å². The van der Waals surface area contributed by atoms with Crippen molar-refractivity contribution in [1.29, 1.82) is 0 Å². The van der Waals surface area contributed by atoms with Crippen LogP contribution in [0.25, 0.3) is 0 Å². The maximum atomic E-state index is 11.0. The summed E-state index contributed by atoms with van der Waals surface area (Å²) in [6.45, 7) is 5.95. The van der Waals surface area contributed by atoms with Crippen LogP contribution in [0.4, 0.5) is 0 Å². The highest BCUT2D eigenvalue weighted by Crippen LogP contribution is 2.20. The van der Waals surface area contributed by atoms with Gasteiger partial charge in [0.1, 0.15) is 0 Å². The minimum atomic E-state index is -0.768. The van der Waals surface area contributed by atoms with Gasteiger partial charge in [-0.25, -0.2) is 0 Å². The number of quaternary nitrogens is 1. The highest BCUT2D eigenvalue weighted by molar-refractivity contribution is 5.67. The lowest BCUT2D eigenvalue weighted by Crippen LogP contribution is -2.51. The van der Waals surface area contributed by atoms with Crippen molar-refractivity contribution in [3.8, 4) is 0 Å². The van der Waals surface area contributed by atoms with Crippen LogP contribution in [0.1, 0.15) is 193 Å². The van der Waals surface area contributed by atoms with Gasteiger partial charge in [0.05, 0.1) is 26.2 Å². The molecule has 0 aliphatic carbocycles. The third kappa shape index (κ3) is 32.1. The zero-order valence-corrected chi connectivity index (χ0v) is 30.0. The highest BCUT2D eigenvalue weighted by atomic mass is 16.4. The van der Waals surface area contributed by atoms with Crippen molar-refractivity contribution in [2.45, 2.75) is 193 Å². The third-order valence-corrected chi connectivity index (χ3v) is 9.46. The van der Waals surface area contributed by atoms with Gasteiger partial charge in [0.2, 0.25) is 0 Å². The Hall–Kier alpha value is -1.89. The number of carboxylic acid groups (broad SMARTS) is 3. The van der Waals surface area contributed by atoms with E-state index in [2.05, 4.69) is 19.1 Å². The molecule has 0 aliphatic heterocycles. The first-order valence-electron chi connectivity index (χ1n) is 19.5. The van der Waals surface area contributed by atoms with Gasteiger partial charge in [-0.15, -0.1) is 0 Å². The Morgan fingerprint density at radius 3 is 0.957 bits per heavy atom. The van der Waals surface area contributed by atoms with Crippen LogP contribution in [0, 0.1) is 0 Å². The van der Waals surface area contributed by atoms with Gasteiger partial charge in [-0.2, -0.15) is 0 Å². The molecule has 0 aromatic carbocycles. The molecule has 0 atom stereocenters. The standard InChI is InChI=1S/C39H73NO6/c1-2-3-4-5-6-7-8-9-10-11-12-13-14-15-16-17-18-19-20-21-22-26-33-40(34-27-23-30-37(41)42,35-28-24-31-38(43)44)36-29-25-32-39(45)46/h15-16H,2-14,17-36H2,1H3,(H2-,41,42,43,44,45,46)/p+1/b16-15+. The molecule has 270 valence electrons. The molecule has 0 aromatic rings. The van der Waals surface area contributed by atoms with Crippen LogP contribution in [0.15, 0.2) is 12.2 Å². The van der Waals surface area contributed by atoms with Crippen molar-refractivity contribution in [3.63, 3.8) is 0 Å². The lowest BCUT2D eigenvalue weighted by atomic mass is 10.0. The smallest absolute Gasteiger partial charge is 0.303 e. The largest absolute Gasteiger partial charge is 0.481 e. The van der Waals surface area contributed by atoms with E-state index in [9.17, 15) is 14.4 Å². The first-order valence-corrected chi connectivity index (χ1v) is 19.5. The van der Waals surface area contributed by atoms with Gasteiger partial charge in [-0.1, -0.05) is 109 Å². The predicted octanol–water partition coefficient (Wildman–Crippen LogP) is 10.9. The maximum Gasteiger partial charge on any atom is 0.303 e. The van der Waals surface area contributed by atoms with E-state index in [-0.39, 0.29) is 19.3 Å². The number of rotatable bonds is 37. The lowest BCUT2D eigenvalue weighted by molar-refractivity contribution is -0.929. The molecule has 7 heteroatoms. The van der Waals surface area contributed by atoms with Gasteiger partial charge in [0.15, 0.2) is 0 Å². The number of nitrogens with zero attached hydrogens (tertiary/aromatic N) is 1. The molecule has 46 heavy (non-hydrogen) atoms. The van der Waals surface area contributed by atoms with Crippen LogP contribution < -0.4 is 0 Å². The molecule has 3 N–H and O–H groups in total. The first-order chi connectivity index (χ1) is 22.3. The second kappa shape index (κ2) is 33.0. The number of unbranched alkanes of at least 4 members (excludes halogenated alkanes) is 21. The van der Waals surface area contributed by atoms with Crippen molar-refractivity contribution in [3.05, 3.63) is 12.2 Å². The van der Waals surface area contributed by atoms with Gasteiger partial charge < -0.3 is 19.8 Å². The topological polar surface area (TPSA) is 112 Å². The summed E-state index contributed by atoms with van der Waals surface area (Å²) >= 11 is 0. The van der Waals surface area contributed by atoms with E-state index in [0.717, 1.165) is 56.3 Å². The van der Waals surface area contributed by atoms with Crippen LogP contribution in [-0.2, 0) is 14.4 Å².